The Bertz CT molecular complexity index is 1060. The van der Waals surface area contributed by atoms with E-state index in [1.54, 1.807) is 6.07 Å². The van der Waals surface area contributed by atoms with Gasteiger partial charge < -0.3 is 29.1 Å². The van der Waals surface area contributed by atoms with Crippen LogP contribution in [0, 0.1) is 0 Å². The van der Waals surface area contributed by atoms with Crippen molar-refractivity contribution in [2.24, 2.45) is 0 Å². The van der Waals surface area contributed by atoms with Crippen LogP contribution in [0.25, 0.3) is 0 Å². The van der Waals surface area contributed by atoms with E-state index in [4.69, 9.17) is 14.2 Å². The van der Waals surface area contributed by atoms with Crippen molar-refractivity contribution in [1.82, 2.24) is 9.80 Å². The topological polar surface area (TPSA) is 71.5 Å². The van der Waals surface area contributed by atoms with Gasteiger partial charge in [0.05, 0.1) is 32.6 Å². The summed E-state index contributed by atoms with van der Waals surface area (Å²) in [5.74, 6) is -0.185. The van der Waals surface area contributed by atoms with Crippen molar-refractivity contribution < 1.29 is 37.3 Å². The van der Waals surface area contributed by atoms with Crippen molar-refractivity contribution in [3.63, 3.8) is 0 Å². The molecule has 40 heavy (non-hydrogen) atoms. The molecule has 0 aromatic heterocycles. The SMILES string of the molecule is COC(CN(CCC(F)(F)F)C(=O)CCOCCc1ccc(O)c(C2(c3ccccc3)CCN(C)CC2)c1)OC. The van der Waals surface area contributed by atoms with Gasteiger partial charge in [-0.3, -0.25) is 4.79 Å². The van der Waals surface area contributed by atoms with E-state index >= 15 is 0 Å². The van der Waals surface area contributed by atoms with Crippen molar-refractivity contribution in [2.45, 2.75) is 50.0 Å². The highest BCUT2D eigenvalue weighted by atomic mass is 19.4. The lowest BCUT2D eigenvalue weighted by Crippen LogP contribution is -2.41. The Morgan fingerprint density at radius 1 is 1.07 bits per heavy atom. The molecule has 1 heterocycles. The van der Waals surface area contributed by atoms with Crippen molar-refractivity contribution in [2.75, 3.05) is 60.7 Å². The van der Waals surface area contributed by atoms with Crippen LogP contribution < -0.4 is 0 Å². The molecule has 1 aliphatic rings. The molecule has 1 N–H and O–H groups in total. The van der Waals surface area contributed by atoms with Crippen LogP contribution in [0.3, 0.4) is 0 Å². The molecule has 1 saturated heterocycles. The molecule has 0 atom stereocenters. The Balaban J connectivity index is 1.60. The number of nitrogens with zero attached hydrogens (tertiary/aromatic N) is 2. The number of rotatable bonds is 14. The first-order valence-corrected chi connectivity index (χ1v) is 13.6. The van der Waals surface area contributed by atoms with Gasteiger partial charge in [0, 0.05) is 31.7 Å². The maximum atomic E-state index is 12.8. The lowest BCUT2D eigenvalue weighted by atomic mass is 9.67. The molecule has 1 fully saturated rings. The van der Waals surface area contributed by atoms with Crippen LogP contribution in [0.15, 0.2) is 48.5 Å². The summed E-state index contributed by atoms with van der Waals surface area (Å²) in [7, 11) is 4.84. The number of amides is 1. The van der Waals surface area contributed by atoms with E-state index < -0.39 is 31.3 Å². The quantitative estimate of drug-likeness (QED) is 0.263. The summed E-state index contributed by atoms with van der Waals surface area (Å²) < 4.78 is 54.1. The average molecular weight is 567 g/mol. The molecule has 3 rings (SSSR count). The summed E-state index contributed by atoms with van der Waals surface area (Å²) in [6.45, 7) is 1.69. The monoisotopic (exact) mass is 566 g/mol. The number of carbonyl (C=O) groups excluding carboxylic acids is 1. The molecule has 1 amide bonds. The predicted molar refractivity (Wildman–Crippen MR) is 146 cm³/mol. The Morgan fingerprint density at radius 3 is 2.38 bits per heavy atom. The molecule has 0 spiro atoms. The van der Waals surface area contributed by atoms with Crippen LogP contribution in [0.2, 0.25) is 0 Å². The predicted octanol–water partition coefficient (Wildman–Crippen LogP) is 4.75. The summed E-state index contributed by atoms with van der Waals surface area (Å²) in [5, 5.41) is 10.9. The maximum absolute atomic E-state index is 12.8. The van der Waals surface area contributed by atoms with Gasteiger partial charge in [-0.2, -0.15) is 13.2 Å². The van der Waals surface area contributed by atoms with Gasteiger partial charge in [-0.25, -0.2) is 0 Å². The second-order valence-electron chi connectivity index (χ2n) is 10.3. The van der Waals surface area contributed by atoms with Gasteiger partial charge in [-0.05, 0) is 56.6 Å². The van der Waals surface area contributed by atoms with E-state index in [0.29, 0.717) is 13.0 Å². The number of hydrogen-bond acceptors (Lipinski definition) is 6. The van der Waals surface area contributed by atoms with Crippen LogP contribution >= 0.6 is 0 Å². The molecule has 2 aromatic carbocycles. The first kappa shape index (κ1) is 31.9. The molecular weight excluding hydrogens is 525 g/mol. The molecule has 10 heteroatoms. The highest BCUT2D eigenvalue weighted by molar-refractivity contribution is 5.76. The van der Waals surface area contributed by atoms with E-state index in [1.165, 1.54) is 19.8 Å². The number of piperidine rings is 1. The number of likely N-dealkylation sites (tertiary alicyclic amines) is 1. The number of carbonyl (C=O) groups is 1. The Morgan fingerprint density at radius 2 is 1.75 bits per heavy atom. The van der Waals surface area contributed by atoms with E-state index in [2.05, 4.69) is 30.1 Å². The fourth-order valence-electron chi connectivity index (χ4n) is 5.21. The van der Waals surface area contributed by atoms with Gasteiger partial charge in [0.2, 0.25) is 5.91 Å². The third-order valence-corrected chi connectivity index (χ3v) is 7.65. The molecule has 222 valence electrons. The summed E-state index contributed by atoms with van der Waals surface area (Å²) in [4.78, 5) is 16.0. The summed E-state index contributed by atoms with van der Waals surface area (Å²) in [6, 6.07) is 16.0. The molecule has 1 aliphatic heterocycles. The fourth-order valence-corrected chi connectivity index (χ4v) is 5.21. The van der Waals surface area contributed by atoms with E-state index in [-0.39, 0.29) is 30.7 Å². The highest BCUT2D eigenvalue weighted by Crippen LogP contribution is 2.45. The summed E-state index contributed by atoms with van der Waals surface area (Å²) in [5.41, 5.74) is 2.81. The number of alkyl halides is 3. The number of phenols is 1. The van der Waals surface area contributed by atoms with E-state index in [0.717, 1.165) is 42.0 Å². The first-order chi connectivity index (χ1) is 19.1. The molecule has 0 aliphatic carbocycles. The average Bonchev–Trinajstić information content (AvgIpc) is 2.94. The third kappa shape index (κ3) is 8.92. The Hall–Kier alpha value is -2.66. The lowest BCUT2D eigenvalue weighted by molar-refractivity contribution is -0.157. The largest absolute Gasteiger partial charge is 0.508 e. The Kier molecular flexibility index (Phi) is 11.8. The van der Waals surface area contributed by atoms with E-state index in [1.807, 2.05) is 24.3 Å². The van der Waals surface area contributed by atoms with Gasteiger partial charge >= 0.3 is 6.18 Å². The number of aromatic hydroxyl groups is 1. The van der Waals surface area contributed by atoms with Crippen molar-refractivity contribution in [3.8, 4) is 5.75 Å². The fraction of sp³-hybridized carbons (Fsp3) is 0.567. The van der Waals surface area contributed by atoms with Gasteiger partial charge in [-0.15, -0.1) is 0 Å². The second kappa shape index (κ2) is 14.8. The highest BCUT2D eigenvalue weighted by Gasteiger charge is 2.39. The van der Waals surface area contributed by atoms with Gasteiger partial charge in [0.25, 0.3) is 0 Å². The van der Waals surface area contributed by atoms with Crippen LogP contribution in [-0.2, 0) is 30.8 Å². The number of hydrogen-bond donors (Lipinski definition) is 1. The molecule has 0 bridgehead atoms. The van der Waals surface area contributed by atoms with Gasteiger partial charge in [0.1, 0.15) is 5.75 Å². The van der Waals surface area contributed by atoms with Crippen molar-refractivity contribution in [3.05, 3.63) is 65.2 Å². The van der Waals surface area contributed by atoms with Gasteiger partial charge in [-0.1, -0.05) is 42.5 Å². The summed E-state index contributed by atoms with van der Waals surface area (Å²) >= 11 is 0. The molecule has 2 aromatic rings. The molecular formula is C30H41F3N2O5. The normalized spacial score (nSPS) is 15.9. The zero-order valence-corrected chi connectivity index (χ0v) is 23.6. The van der Waals surface area contributed by atoms with Crippen LogP contribution in [0.5, 0.6) is 5.75 Å². The molecule has 0 radical (unpaired) electrons. The smallest absolute Gasteiger partial charge is 0.390 e. The number of benzene rings is 2. The van der Waals surface area contributed by atoms with Crippen molar-refractivity contribution in [1.29, 1.82) is 0 Å². The van der Waals surface area contributed by atoms with Crippen LogP contribution in [0.1, 0.15) is 42.4 Å². The minimum Gasteiger partial charge on any atom is -0.508 e. The third-order valence-electron chi connectivity index (χ3n) is 7.65. The first-order valence-electron chi connectivity index (χ1n) is 13.6. The van der Waals surface area contributed by atoms with Gasteiger partial charge in [0.15, 0.2) is 6.29 Å². The number of methoxy groups -OCH3 is 2. The van der Waals surface area contributed by atoms with E-state index in [9.17, 15) is 23.1 Å². The van der Waals surface area contributed by atoms with Crippen LogP contribution in [0.4, 0.5) is 13.2 Å². The number of phenolic OH excluding ortho intramolecular Hbond substituents is 1. The lowest BCUT2D eigenvalue weighted by Gasteiger charge is -2.42. The van der Waals surface area contributed by atoms with Crippen molar-refractivity contribution >= 4 is 5.91 Å². The second-order valence-corrected chi connectivity index (χ2v) is 10.3. The Labute approximate surface area is 234 Å². The molecule has 7 nitrogen and oxygen atoms in total. The number of halogens is 3. The molecule has 0 saturated carbocycles. The zero-order chi connectivity index (χ0) is 29.2. The minimum atomic E-state index is -4.37. The maximum Gasteiger partial charge on any atom is 0.390 e. The van der Waals surface area contributed by atoms with Crippen LogP contribution in [-0.4, -0.2) is 93.9 Å². The summed E-state index contributed by atoms with van der Waals surface area (Å²) in [6.07, 6.45) is -4.00. The standard InChI is InChI=1S/C30H41F3N2O5/c1-34-16-13-29(14-17-34,24-7-5-4-6-8-24)25-21-23(9-10-26(25)36)11-19-40-20-12-27(37)35(18-15-30(31,32)33)22-28(38-2)39-3/h4-10,21,28,36H,11-20,22H2,1-3H3. The minimum absolute atomic E-state index is 0.0521. The molecule has 0 unspecified atom stereocenters. The zero-order valence-electron chi connectivity index (χ0n) is 23.6. The number of ether oxygens (including phenoxy) is 3.